The molecule has 0 spiro atoms. The first-order chi connectivity index (χ1) is 8.20. The Bertz CT molecular complexity index is 218. The van der Waals surface area contributed by atoms with Crippen molar-refractivity contribution < 1.29 is 9.90 Å². The molecule has 0 aromatic rings. The minimum Gasteiger partial charge on any atom is -0.480 e. The molecule has 0 aromatic heterocycles. The lowest BCUT2D eigenvalue weighted by atomic mass is 9.83. The molecule has 1 rings (SSSR count). The van der Waals surface area contributed by atoms with Crippen LogP contribution in [0.5, 0.6) is 0 Å². The molecular formula is C14H27NO2. The second-order valence-corrected chi connectivity index (χ2v) is 5.22. The van der Waals surface area contributed by atoms with Gasteiger partial charge in [-0.1, -0.05) is 33.1 Å². The van der Waals surface area contributed by atoms with E-state index in [9.17, 15) is 9.90 Å². The van der Waals surface area contributed by atoms with Crippen LogP contribution in [0.15, 0.2) is 0 Å². The molecule has 1 unspecified atom stereocenters. The number of carboxylic acid groups (broad SMARTS) is 1. The summed E-state index contributed by atoms with van der Waals surface area (Å²) in [5.41, 5.74) is 0. The van der Waals surface area contributed by atoms with Gasteiger partial charge >= 0.3 is 5.97 Å². The van der Waals surface area contributed by atoms with Crippen LogP contribution in [0, 0.1) is 5.92 Å². The van der Waals surface area contributed by atoms with Crippen molar-refractivity contribution in [3.8, 4) is 0 Å². The van der Waals surface area contributed by atoms with Crippen LogP contribution >= 0.6 is 0 Å². The van der Waals surface area contributed by atoms with Gasteiger partial charge in [-0.25, -0.2) is 0 Å². The number of carbonyl (C=O) groups is 1. The highest BCUT2D eigenvalue weighted by atomic mass is 16.4. The summed E-state index contributed by atoms with van der Waals surface area (Å²) < 4.78 is 0. The van der Waals surface area contributed by atoms with Crippen LogP contribution in [0.4, 0.5) is 0 Å². The Labute approximate surface area is 105 Å². The maximum Gasteiger partial charge on any atom is 0.321 e. The van der Waals surface area contributed by atoms with Gasteiger partial charge in [0.05, 0.1) is 0 Å². The molecule has 1 aliphatic rings. The Morgan fingerprint density at radius 3 is 2.12 bits per heavy atom. The Morgan fingerprint density at radius 2 is 1.71 bits per heavy atom. The molecule has 1 aliphatic carbocycles. The number of aliphatic carboxylic acids is 1. The molecule has 0 radical (unpaired) electrons. The van der Waals surface area contributed by atoms with E-state index in [-0.39, 0.29) is 6.04 Å². The lowest BCUT2D eigenvalue weighted by Gasteiger charge is -2.35. The number of hydrogen-bond acceptors (Lipinski definition) is 2. The molecule has 1 atom stereocenters. The molecule has 0 amide bonds. The highest BCUT2D eigenvalue weighted by molar-refractivity contribution is 5.74. The SMILES string of the molecule is CCCN(CCC)C(C(=O)O)C1CCCCC1. The quantitative estimate of drug-likeness (QED) is 0.744. The molecule has 1 saturated carbocycles. The fourth-order valence-corrected chi connectivity index (χ4v) is 3.07. The predicted octanol–water partition coefficient (Wildman–Crippen LogP) is 3.14. The number of nitrogens with zero attached hydrogens (tertiary/aromatic N) is 1. The number of carboxylic acids is 1. The summed E-state index contributed by atoms with van der Waals surface area (Å²) in [6, 6.07) is -0.241. The van der Waals surface area contributed by atoms with E-state index in [4.69, 9.17) is 0 Å². The molecule has 17 heavy (non-hydrogen) atoms. The van der Waals surface area contributed by atoms with Crippen molar-refractivity contribution in [3.05, 3.63) is 0 Å². The second kappa shape index (κ2) is 7.70. The summed E-state index contributed by atoms with van der Waals surface area (Å²) in [6.45, 7) is 6.09. The van der Waals surface area contributed by atoms with E-state index in [1.165, 1.54) is 19.3 Å². The van der Waals surface area contributed by atoms with Crippen molar-refractivity contribution in [3.63, 3.8) is 0 Å². The normalized spacial score (nSPS) is 19.5. The van der Waals surface area contributed by atoms with Crippen LogP contribution in [-0.4, -0.2) is 35.1 Å². The minimum absolute atomic E-state index is 0.241. The highest BCUT2D eigenvalue weighted by Gasteiger charge is 2.33. The lowest BCUT2D eigenvalue weighted by Crippen LogP contribution is -2.47. The molecule has 0 bridgehead atoms. The van der Waals surface area contributed by atoms with Crippen LogP contribution in [0.3, 0.4) is 0 Å². The van der Waals surface area contributed by atoms with Crippen molar-refractivity contribution in [1.82, 2.24) is 4.90 Å². The lowest BCUT2D eigenvalue weighted by molar-refractivity contribution is -0.146. The Balaban J connectivity index is 2.69. The van der Waals surface area contributed by atoms with Crippen molar-refractivity contribution in [2.24, 2.45) is 5.92 Å². The third kappa shape index (κ3) is 4.30. The van der Waals surface area contributed by atoms with Gasteiger partial charge in [-0.3, -0.25) is 9.69 Å². The zero-order valence-electron chi connectivity index (χ0n) is 11.3. The van der Waals surface area contributed by atoms with Crippen molar-refractivity contribution in [2.45, 2.75) is 64.8 Å². The van der Waals surface area contributed by atoms with Gasteiger partial charge in [-0.15, -0.1) is 0 Å². The van der Waals surface area contributed by atoms with Crippen molar-refractivity contribution in [1.29, 1.82) is 0 Å². The van der Waals surface area contributed by atoms with Crippen molar-refractivity contribution in [2.75, 3.05) is 13.1 Å². The van der Waals surface area contributed by atoms with E-state index in [1.807, 2.05) is 0 Å². The van der Waals surface area contributed by atoms with E-state index < -0.39 is 5.97 Å². The molecule has 1 fully saturated rings. The Hall–Kier alpha value is -0.570. The Kier molecular flexibility index (Phi) is 6.56. The fraction of sp³-hybridized carbons (Fsp3) is 0.929. The predicted molar refractivity (Wildman–Crippen MR) is 70.2 cm³/mol. The van der Waals surface area contributed by atoms with E-state index in [0.717, 1.165) is 38.8 Å². The van der Waals surface area contributed by atoms with Gasteiger partial charge in [0.15, 0.2) is 0 Å². The van der Waals surface area contributed by atoms with E-state index in [1.54, 1.807) is 0 Å². The van der Waals surface area contributed by atoms with Crippen LogP contribution in [0.1, 0.15) is 58.8 Å². The first kappa shape index (κ1) is 14.5. The summed E-state index contributed by atoms with van der Waals surface area (Å²) in [6.07, 6.45) is 7.97. The largest absolute Gasteiger partial charge is 0.480 e. The van der Waals surface area contributed by atoms with Crippen LogP contribution in [0.2, 0.25) is 0 Å². The molecule has 0 aromatic carbocycles. The summed E-state index contributed by atoms with van der Waals surface area (Å²) in [5.74, 6) is -0.238. The zero-order valence-corrected chi connectivity index (χ0v) is 11.3. The van der Waals surface area contributed by atoms with Crippen molar-refractivity contribution >= 4 is 5.97 Å². The van der Waals surface area contributed by atoms with Gasteiger partial charge < -0.3 is 5.11 Å². The van der Waals surface area contributed by atoms with Gasteiger partial charge in [0.2, 0.25) is 0 Å². The zero-order chi connectivity index (χ0) is 12.7. The van der Waals surface area contributed by atoms with Crippen LogP contribution in [0.25, 0.3) is 0 Å². The van der Waals surface area contributed by atoms with Gasteiger partial charge in [0, 0.05) is 0 Å². The number of hydrogen-bond donors (Lipinski definition) is 1. The summed E-state index contributed by atoms with van der Waals surface area (Å²) in [5, 5.41) is 9.51. The van der Waals surface area contributed by atoms with Gasteiger partial charge in [0.1, 0.15) is 6.04 Å². The monoisotopic (exact) mass is 241 g/mol. The standard InChI is InChI=1S/C14H27NO2/c1-3-10-15(11-4-2)13(14(16)17)12-8-6-5-7-9-12/h12-13H,3-11H2,1-2H3,(H,16,17). The molecular weight excluding hydrogens is 214 g/mol. The second-order valence-electron chi connectivity index (χ2n) is 5.22. The van der Waals surface area contributed by atoms with E-state index >= 15 is 0 Å². The average Bonchev–Trinajstić information content (AvgIpc) is 2.31. The van der Waals surface area contributed by atoms with Crippen LogP contribution < -0.4 is 0 Å². The molecule has 100 valence electrons. The molecule has 3 nitrogen and oxygen atoms in total. The highest BCUT2D eigenvalue weighted by Crippen LogP contribution is 2.29. The fourth-order valence-electron chi connectivity index (χ4n) is 3.07. The van der Waals surface area contributed by atoms with Gasteiger partial charge in [-0.2, -0.15) is 0 Å². The van der Waals surface area contributed by atoms with Gasteiger partial charge in [0.25, 0.3) is 0 Å². The molecule has 0 aliphatic heterocycles. The molecule has 0 heterocycles. The minimum atomic E-state index is -0.612. The molecule has 0 saturated heterocycles. The van der Waals surface area contributed by atoms with Gasteiger partial charge in [-0.05, 0) is 44.7 Å². The van der Waals surface area contributed by atoms with Crippen LogP contribution in [-0.2, 0) is 4.79 Å². The van der Waals surface area contributed by atoms with E-state index in [2.05, 4.69) is 18.7 Å². The third-order valence-corrected chi connectivity index (χ3v) is 3.76. The maximum absolute atomic E-state index is 11.5. The Morgan fingerprint density at radius 1 is 1.18 bits per heavy atom. The number of rotatable bonds is 7. The smallest absolute Gasteiger partial charge is 0.321 e. The topological polar surface area (TPSA) is 40.5 Å². The summed E-state index contributed by atoms with van der Waals surface area (Å²) in [7, 11) is 0. The molecule has 3 heteroatoms. The summed E-state index contributed by atoms with van der Waals surface area (Å²) in [4.78, 5) is 13.7. The first-order valence-electron chi connectivity index (χ1n) is 7.17. The van der Waals surface area contributed by atoms with E-state index in [0.29, 0.717) is 5.92 Å². The average molecular weight is 241 g/mol. The third-order valence-electron chi connectivity index (χ3n) is 3.76. The first-order valence-corrected chi connectivity index (χ1v) is 7.17. The maximum atomic E-state index is 11.5. The molecule has 1 N–H and O–H groups in total. The summed E-state index contributed by atoms with van der Waals surface area (Å²) >= 11 is 0.